The van der Waals surface area contributed by atoms with E-state index in [0.29, 0.717) is 36.0 Å². The minimum atomic E-state index is -0.183. The summed E-state index contributed by atoms with van der Waals surface area (Å²) in [6.45, 7) is 3.69. The third-order valence-corrected chi connectivity index (χ3v) is 2.55. The highest BCUT2D eigenvalue weighted by molar-refractivity contribution is 6.31. The van der Waals surface area contributed by atoms with Crippen molar-refractivity contribution in [2.24, 2.45) is 5.73 Å². The summed E-state index contributed by atoms with van der Waals surface area (Å²) in [5.41, 5.74) is 5.84. The minimum absolute atomic E-state index is 0. The number of nitrogens with two attached hydrogens (primary N) is 1. The molecule has 0 bridgehead atoms. The topological polar surface area (TPSA) is 64.3 Å². The fourth-order valence-corrected chi connectivity index (χ4v) is 1.59. The van der Waals surface area contributed by atoms with Crippen molar-refractivity contribution in [1.82, 2.24) is 5.32 Å². The van der Waals surface area contributed by atoms with E-state index in [1.165, 1.54) is 0 Å². The average molecular weight is 307 g/mol. The van der Waals surface area contributed by atoms with Crippen LogP contribution in [-0.2, 0) is 0 Å². The quantitative estimate of drug-likeness (QED) is 0.761. The number of ether oxygens (including phenoxy) is 1. The number of benzene rings is 1. The molecule has 0 aliphatic heterocycles. The Kier molecular flexibility index (Phi) is 9.39. The van der Waals surface area contributed by atoms with E-state index in [0.717, 1.165) is 12.8 Å². The van der Waals surface area contributed by atoms with Gasteiger partial charge in [-0.25, -0.2) is 0 Å². The third-order valence-electron chi connectivity index (χ3n) is 2.31. The summed E-state index contributed by atoms with van der Waals surface area (Å²) >= 11 is 5.90. The molecule has 0 aromatic heterocycles. The highest BCUT2D eigenvalue weighted by Crippen LogP contribution is 2.23. The highest BCUT2D eigenvalue weighted by Gasteiger charge is 2.12. The molecule has 6 heteroatoms. The van der Waals surface area contributed by atoms with Crippen molar-refractivity contribution in [2.45, 2.75) is 19.8 Å². The van der Waals surface area contributed by atoms with Crippen LogP contribution in [0.5, 0.6) is 5.75 Å². The minimum Gasteiger partial charge on any atom is -0.493 e. The summed E-state index contributed by atoms with van der Waals surface area (Å²) in [7, 11) is 0. The lowest BCUT2D eigenvalue weighted by atomic mass is 10.2. The zero-order valence-electron chi connectivity index (χ0n) is 10.9. The van der Waals surface area contributed by atoms with Crippen molar-refractivity contribution in [3.05, 3.63) is 28.8 Å². The first kappa shape index (κ1) is 18.0. The molecule has 0 saturated heterocycles. The van der Waals surface area contributed by atoms with Crippen LogP contribution in [0.15, 0.2) is 18.2 Å². The van der Waals surface area contributed by atoms with Gasteiger partial charge < -0.3 is 15.8 Å². The molecule has 0 spiro atoms. The number of rotatable bonds is 7. The smallest absolute Gasteiger partial charge is 0.255 e. The van der Waals surface area contributed by atoms with Gasteiger partial charge in [-0.3, -0.25) is 4.79 Å². The van der Waals surface area contributed by atoms with E-state index in [2.05, 4.69) is 5.32 Å². The molecular weight excluding hydrogens is 287 g/mol. The molecule has 19 heavy (non-hydrogen) atoms. The Bertz CT molecular complexity index is 400. The van der Waals surface area contributed by atoms with Gasteiger partial charge >= 0.3 is 0 Å². The summed E-state index contributed by atoms with van der Waals surface area (Å²) in [5, 5.41) is 3.30. The second-order valence-corrected chi connectivity index (χ2v) is 4.32. The van der Waals surface area contributed by atoms with Crippen molar-refractivity contribution in [2.75, 3.05) is 19.7 Å². The molecule has 0 atom stereocenters. The van der Waals surface area contributed by atoms with Crippen LogP contribution in [0.3, 0.4) is 0 Å². The number of amides is 1. The van der Waals surface area contributed by atoms with E-state index in [9.17, 15) is 4.79 Å². The van der Waals surface area contributed by atoms with Crippen LogP contribution in [0.2, 0.25) is 5.02 Å². The van der Waals surface area contributed by atoms with Crippen molar-refractivity contribution < 1.29 is 9.53 Å². The van der Waals surface area contributed by atoms with Gasteiger partial charge in [0.2, 0.25) is 0 Å². The number of hydrogen-bond donors (Lipinski definition) is 2. The molecule has 0 radical (unpaired) electrons. The van der Waals surface area contributed by atoms with Crippen LogP contribution in [0.4, 0.5) is 0 Å². The van der Waals surface area contributed by atoms with Gasteiger partial charge in [-0.15, -0.1) is 12.4 Å². The van der Waals surface area contributed by atoms with E-state index < -0.39 is 0 Å². The van der Waals surface area contributed by atoms with Gasteiger partial charge in [0.15, 0.2) is 0 Å². The second-order valence-electron chi connectivity index (χ2n) is 3.89. The second kappa shape index (κ2) is 9.89. The Labute approximate surface area is 125 Å². The molecule has 4 nitrogen and oxygen atoms in total. The first-order valence-corrected chi connectivity index (χ1v) is 6.47. The molecule has 0 fully saturated rings. The van der Waals surface area contributed by atoms with Gasteiger partial charge in [0.1, 0.15) is 5.75 Å². The molecule has 3 N–H and O–H groups in total. The molecule has 0 aliphatic rings. The summed E-state index contributed by atoms with van der Waals surface area (Å²) in [6, 6.07) is 5.05. The lowest BCUT2D eigenvalue weighted by Crippen LogP contribution is -2.26. The van der Waals surface area contributed by atoms with Gasteiger partial charge in [-0.2, -0.15) is 0 Å². The molecule has 1 aromatic rings. The van der Waals surface area contributed by atoms with Crippen molar-refractivity contribution >= 4 is 29.9 Å². The molecule has 1 rings (SSSR count). The molecule has 1 amide bonds. The van der Waals surface area contributed by atoms with Crippen molar-refractivity contribution in [3.63, 3.8) is 0 Å². The Morgan fingerprint density at radius 3 is 2.84 bits per heavy atom. The Morgan fingerprint density at radius 1 is 1.47 bits per heavy atom. The van der Waals surface area contributed by atoms with Crippen LogP contribution >= 0.6 is 24.0 Å². The highest BCUT2D eigenvalue weighted by atomic mass is 35.5. The molecule has 0 unspecified atom stereocenters. The van der Waals surface area contributed by atoms with Crippen LogP contribution in [0.25, 0.3) is 0 Å². The summed E-state index contributed by atoms with van der Waals surface area (Å²) in [6.07, 6.45) is 1.63. The molecule has 0 saturated carbocycles. The fraction of sp³-hybridized carbons (Fsp3) is 0.462. The number of carbonyl (C=O) groups is 1. The van der Waals surface area contributed by atoms with Gasteiger partial charge in [0.25, 0.3) is 5.91 Å². The number of hydrogen-bond acceptors (Lipinski definition) is 3. The normalized spacial score (nSPS) is 9.63. The molecule has 0 aliphatic carbocycles. The van der Waals surface area contributed by atoms with Crippen molar-refractivity contribution in [3.8, 4) is 5.75 Å². The van der Waals surface area contributed by atoms with Crippen LogP contribution < -0.4 is 15.8 Å². The molecule has 0 heterocycles. The van der Waals surface area contributed by atoms with E-state index in [-0.39, 0.29) is 18.3 Å². The third kappa shape index (κ3) is 6.14. The molecule has 108 valence electrons. The zero-order chi connectivity index (χ0) is 13.4. The van der Waals surface area contributed by atoms with Crippen LogP contribution in [0, 0.1) is 0 Å². The molecular formula is C13H20Cl2N2O2. The summed E-state index contributed by atoms with van der Waals surface area (Å²) in [5.74, 6) is 0.378. The van der Waals surface area contributed by atoms with E-state index >= 15 is 0 Å². The predicted molar refractivity (Wildman–Crippen MR) is 80.5 cm³/mol. The predicted octanol–water partition coefficient (Wildman–Crippen LogP) is 2.63. The Morgan fingerprint density at radius 2 is 2.21 bits per heavy atom. The number of halogens is 2. The lowest BCUT2D eigenvalue weighted by Gasteiger charge is -2.11. The van der Waals surface area contributed by atoms with Crippen LogP contribution in [0.1, 0.15) is 30.1 Å². The lowest BCUT2D eigenvalue weighted by molar-refractivity contribution is 0.0949. The maximum atomic E-state index is 12.0. The maximum absolute atomic E-state index is 12.0. The van der Waals surface area contributed by atoms with E-state index in [1.54, 1.807) is 18.2 Å². The average Bonchev–Trinajstić information content (AvgIpc) is 2.37. The monoisotopic (exact) mass is 306 g/mol. The standard InChI is InChI=1S/C13H19ClN2O2.ClH/c1-2-8-18-12-5-4-10(14)9-11(12)13(17)16-7-3-6-15;/h4-5,9H,2-3,6-8,15H2,1H3,(H,16,17);1H. The first-order chi connectivity index (χ1) is 8.69. The number of nitrogens with one attached hydrogen (secondary N) is 1. The van der Waals surface area contributed by atoms with Crippen LogP contribution in [-0.4, -0.2) is 25.6 Å². The van der Waals surface area contributed by atoms with Gasteiger partial charge in [-0.05, 0) is 37.6 Å². The summed E-state index contributed by atoms with van der Waals surface area (Å²) < 4.78 is 5.52. The van der Waals surface area contributed by atoms with Gasteiger partial charge in [0, 0.05) is 11.6 Å². The summed E-state index contributed by atoms with van der Waals surface area (Å²) in [4.78, 5) is 12.0. The molecule has 1 aromatic carbocycles. The Balaban J connectivity index is 0.00000324. The van der Waals surface area contributed by atoms with E-state index in [1.807, 2.05) is 6.92 Å². The maximum Gasteiger partial charge on any atom is 0.255 e. The van der Waals surface area contributed by atoms with E-state index in [4.69, 9.17) is 22.1 Å². The fourth-order valence-electron chi connectivity index (χ4n) is 1.42. The SMILES string of the molecule is CCCOc1ccc(Cl)cc1C(=O)NCCCN.Cl. The van der Waals surface area contributed by atoms with Crippen molar-refractivity contribution in [1.29, 1.82) is 0 Å². The largest absolute Gasteiger partial charge is 0.493 e. The first-order valence-electron chi connectivity index (χ1n) is 6.09. The van der Waals surface area contributed by atoms with Gasteiger partial charge in [0.05, 0.1) is 12.2 Å². The Hall–Kier alpha value is -0.970. The number of carbonyl (C=O) groups excluding carboxylic acids is 1. The van der Waals surface area contributed by atoms with Gasteiger partial charge in [-0.1, -0.05) is 18.5 Å². The zero-order valence-corrected chi connectivity index (χ0v) is 12.5.